The van der Waals surface area contributed by atoms with Gasteiger partial charge in [0.2, 0.25) is 5.91 Å². The Kier molecular flexibility index (Phi) is 4.39. The van der Waals surface area contributed by atoms with E-state index in [9.17, 15) is 9.18 Å². The Morgan fingerprint density at radius 1 is 1.25 bits per heavy atom. The van der Waals surface area contributed by atoms with Crippen LogP contribution in [0.4, 0.5) is 10.1 Å². The molecule has 1 unspecified atom stereocenters. The molecule has 0 saturated heterocycles. The highest BCUT2D eigenvalue weighted by Crippen LogP contribution is 2.22. The average molecular weight is 337 g/mol. The molecule has 0 spiro atoms. The number of halogens is 2. The molecule has 2 aromatic carbocycles. The molecule has 1 amide bonds. The fraction of sp³-hybridized carbons (Fsp3) is 0.133. The second-order valence-corrected chi connectivity index (χ2v) is 5.41. The van der Waals surface area contributed by atoms with Crippen molar-refractivity contribution in [2.24, 2.45) is 5.73 Å². The van der Waals surface area contributed by atoms with Gasteiger partial charge < -0.3 is 11.1 Å². The van der Waals surface area contributed by atoms with Crippen molar-refractivity contribution in [3.05, 3.63) is 63.9 Å². The van der Waals surface area contributed by atoms with E-state index in [1.54, 1.807) is 19.1 Å². The Hall–Kier alpha value is -1.88. The smallest absolute Gasteiger partial charge is 0.244 e. The third-order valence-corrected chi connectivity index (χ3v) is 3.50. The fourth-order valence-corrected chi connectivity index (χ4v) is 2.08. The Morgan fingerprint density at radius 3 is 2.45 bits per heavy atom. The standard InChI is InChI=1S/C15H14BrFN2O/c1-9-2-3-10(8-13(9)17)14(15(18)20)19-12-6-4-11(16)5-7-12/h2-8,14,19H,1H3,(H2,18,20). The van der Waals surface area contributed by atoms with Crippen LogP contribution >= 0.6 is 15.9 Å². The molecule has 3 nitrogen and oxygen atoms in total. The molecular weight excluding hydrogens is 323 g/mol. The van der Waals surface area contributed by atoms with Crippen LogP contribution in [0.15, 0.2) is 46.9 Å². The zero-order valence-electron chi connectivity index (χ0n) is 10.9. The van der Waals surface area contributed by atoms with Gasteiger partial charge >= 0.3 is 0 Å². The highest BCUT2D eigenvalue weighted by atomic mass is 79.9. The Bertz CT molecular complexity index is 628. The van der Waals surface area contributed by atoms with Crippen LogP contribution in [0.3, 0.4) is 0 Å². The van der Waals surface area contributed by atoms with Crippen LogP contribution in [0.1, 0.15) is 17.2 Å². The van der Waals surface area contributed by atoms with Crippen molar-refractivity contribution >= 4 is 27.5 Å². The number of hydrogen-bond acceptors (Lipinski definition) is 2. The maximum absolute atomic E-state index is 13.6. The van der Waals surface area contributed by atoms with Crippen LogP contribution in [0.5, 0.6) is 0 Å². The molecule has 0 aromatic heterocycles. The Labute approximate surface area is 125 Å². The third-order valence-electron chi connectivity index (χ3n) is 2.97. The molecule has 2 aromatic rings. The number of rotatable bonds is 4. The van der Waals surface area contributed by atoms with Gasteiger partial charge in [0.1, 0.15) is 11.9 Å². The van der Waals surface area contributed by atoms with Gasteiger partial charge in [0, 0.05) is 10.2 Å². The first kappa shape index (κ1) is 14.5. The number of anilines is 1. The second kappa shape index (κ2) is 6.05. The predicted molar refractivity (Wildman–Crippen MR) is 80.8 cm³/mol. The maximum Gasteiger partial charge on any atom is 0.244 e. The lowest BCUT2D eigenvalue weighted by molar-refractivity contribution is -0.118. The molecular formula is C15H14BrFN2O. The topological polar surface area (TPSA) is 55.1 Å². The number of hydrogen-bond donors (Lipinski definition) is 2. The number of carbonyl (C=O) groups excluding carboxylic acids is 1. The van der Waals surface area contributed by atoms with Crippen molar-refractivity contribution < 1.29 is 9.18 Å². The average Bonchev–Trinajstić information content (AvgIpc) is 2.41. The largest absolute Gasteiger partial charge is 0.370 e. The molecule has 2 rings (SSSR count). The van der Waals surface area contributed by atoms with Gasteiger partial charge in [-0.3, -0.25) is 4.79 Å². The van der Waals surface area contributed by atoms with Crippen LogP contribution in [-0.4, -0.2) is 5.91 Å². The van der Waals surface area contributed by atoms with Crippen LogP contribution in [0.2, 0.25) is 0 Å². The van der Waals surface area contributed by atoms with Crippen molar-refractivity contribution in [1.82, 2.24) is 0 Å². The van der Waals surface area contributed by atoms with Crippen molar-refractivity contribution in [3.8, 4) is 0 Å². The maximum atomic E-state index is 13.6. The van der Waals surface area contributed by atoms with Crippen LogP contribution < -0.4 is 11.1 Å². The number of carbonyl (C=O) groups is 1. The summed E-state index contributed by atoms with van der Waals surface area (Å²) in [7, 11) is 0. The van der Waals surface area contributed by atoms with E-state index < -0.39 is 11.9 Å². The van der Waals surface area contributed by atoms with E-state index in [4.69, 9.17) is 5.73 Å². The summed E-state index contributed by atoms with van der Waals surface area (Å²) in [6.45, 7) is 1.67. The first-order valence-corrected chi connectivity index (χ1v) is 6.84. The number of amides is 1. The summed E-state index contributed by atoms with van der Waals surface area (Å²) in [5.74, 6) is -0.914. The monoisotopic (exact) mass is 336 g/mol. The second-order valence-electron chi connectivity index (χ2n) is 4.50. The molecule has 104 valence electrons. The number of nitrogens with two attached hydrogens (primary N) is 1. The van der Waals surface area contributed by atoms with Gasteiger partial charge in [0.15, 0.2) is 0 Å². The van der Waals surface area contributed by atoms with E-state index in [2.05, 4.69) is 21.2 Å². The van der Waals surface area contributed by atoms with Crippen LogP contribution in [0, 0.1) is 12.7 Å². The number of benzene rings is 2. The molecule has 0 radical (unpaired) electrons. The fourth-order valence-electron chi connectivity index (χ4n) is 1.82. The number of primary amides is 1. The zero-order chi connectivity index (χ0) is 14.7. The molecule has 0 fully saturated rings. The van der Waals surface area contributed by atoms with Gasteiger partial charge in [0.05, 0.1) is 0 Å². The quantitative estimate of drug-likeness (QED) is 0.897. The Morgan fingerprint density at radius 2 is 1.90 bits per heavy atom. The van der Waals surface area contributed by atoms with E-state index in [0.29, 0.717) is 11.1 Å². The first-order valence-electron chi connectivity index (χ1n) is 6.05. The summed E-state index contributed by atoms with van der Waals surface area (Å²) in [6, 6.07) is 11.2. The van der Waals surface area contributed by atoms with E-state index in [1.165, 1.54) is 6.07 Å². The molecule has 20 heavy (non-hydrogen) atoms. The molecule has 0 aliphatic heterocycles. The summed E-state index contributed by atoms with van der Waals surface area (Å²) in [4.78, 5) is 11.6. The first-order chi connectivity index (χ1) is 9.47. The van der Waals surface area contributed by atoms with Crippen LogP contribution in [0.25, 0.3) is 0 Å². The molecule has 0 aliphatic carbocycles. The summed E-state index contributed by atoms with van der Waals surface area (Å²) in [5, 5.41) is 3.01. The predicted octanol–water partition coefficient (Wildman–Crippen LogP) is 3.54. The number of nitrogens with one attached hydrogen (secondary N) is 1. The molecule has 0 heterocycles. The molecule has 0 saturated carbocycles. The summed E-state index contributed by atoms with van der Waals surface area (Å²) < 4.78 is 14.5. The minimum absolute atomic E-state index is 0.355. The summed E-state index contributed by atoms with van der Waals surface area (Å²) in [5.41, 5.74) is 7.17. The van der Waals surface area contributed by atoms with Gasteiger partial charge in [-0.1, -0.05) is 28.1 Å². The highest BCUT2D eigenvalue weighted by molar-refractivity contribution is 9.10. The van der Waals surface area contributed by atoms with Crippen molar-refractivity contribution in [2.75, 3.05) is 5.32 Å². The van der Waals surface area contributed by atoms with E-state index in [0.717, 1.165) is 10.2 Å². The molecule has 3 N–H and O–H groups in total. The summed E-state index contributed by atoms with van der Waals surface area (Å²) in [6.07, 6.45) is 0. The number of aryl methyl sites for hydroxylation is 1. The lowest BCUT2D eigenvalue weighted by Crippen LogP contribution is -2.27. The van der Waals surface area contributed by atoms with E-state index in [-0.39, 0.29) is 5.82 Å². The zero-order valence-corrected chi connectivity index (χ0v) is 12.4. The molecule has 0 aliphatic rings. The van der Waals surface area contributed by atoms with E-state index in [1.807, 2.05) is 24.3 Å². The molecule has 5 heteroatoms. The normalized spacial score (nSPS) is 11.9. The lowest BCUT2D eigenvalue weighted by Gasteiger charge is -2.17. The van der Waals surface area contributed by atoms with E-state index >= 15 is 0 Å². The third kappa shape index (κ3) is 3.36. The van der Waals surface area contributed by atoms with Crippen molar-refractivity contribution in [1.29, 1.82) is 0 Å². The van der Waals surface area contributed by atoms with Gasteiger partial charge in [-0.05, 0) is 48.4 Å². The van der Waals surface area contributed by atoms with Crippen molar-refractivity contribution in [2.45, 2.75) is 13.0 Å². The lowest BCUT2D eigenvalue weighted by atomic mass is 10.0. The van der Waals surface area contributed by atoms with Crippen molar-refractivity contribution in [3.63, 3.8) is 0 Å². The molecule has 0 bridgehead atoms. The van der Waals surface area contributed by atoms with Gasteiger partial charge in [-0.15, -0.1) is 0 Å². The van der Waals surface area contributed by atoms with Gasteiger partial charge in [-0.2, -0.15) is 0 Å². The minimum Gasteiger partial charge on any atom is -0.370 e. The van der Waals surface area contributed by atoms with Gasteiger partial charge in [0.25, 0.3) is 0 Å². The SMILES string of the molecule is Cc1ccc(C(Nc2ccc(Br)cc2)C(N)=O)cc1F. The summed E-state index contributed by atoms with van der Waals surface area (Å²) >= 11 is 3.33. The molecule has 1 atom stereocenters. The minimum atomic E-state index is -0.772. The Balaban J connectivity index is 2.29. The van der Waals surface area contributed by atoms with Gasteiger partial charge in [-0.25, -0.2) is 4.39 Å². The highest BCUT2D eigenvalue weighted by Gasteiger charge is 2.18. The van der Waals surface area contributed by atoms with Crippen LogP contribution in [-0.2, 0) is 4.79 Å².